The molecule has 0 saturated heterocycles. The fourth-order valence-electron chi connectivity index (χ4n) is 2.19. The summed E-state index contributed by atoms with van der Waals surface area (Å²) >= 11 is 6.84. The van der Waals surface area contributed by atoms with E-state index in [1.54, 1.807) is 4.90 Å². The lowest BCUT2D eigenvalue weighted by Crippen LogP contribution is -2.38. The van der Waals surface area contributed by atoms with E-state index >= 15 is 0 Å². The largest absolute Gasteiger partial charge is 0.490 e. The van der Waals surface area contributed by atoms with Gasteiger partial charge in [0, 0.05) is 8.95 Å². The molecule has 0 bridgehead atoms. The fourth-order valence-corrected chi connectivity index (χ4v) is 2.96. The molecule has 3 rings (SSSR count). The van der Waals surface area contributed by atoms with Crippen molar-refractivity contribution in [3.63, 3.8) is 0 Å². The Morgan fingerprint density at radius 1 is 1.15 bits per heavy atom. The number of hydrogen-bond acceptors (Lipinski definition) is 2. The van der Waals surface area contributed by atoms with Crippen molar-refractivity contribution in [1.29, 1.82) is 0 Å². The second kappa shape index (κ2) is 5.58. The van der Waals surface area contributed by atoms with Gasteiger partial charge in [0.15, 0.2) is 0 Å². The molecule has 102 valence electrons. The molecule has 0 fully saturated rings. The number of nitrogens with zero attached hydrogens (tertiary/aromatic N) is 1. The summed E-state index contributed by atoms with van der Waals surface area (Å²) in [5.41, 5.74) is 1.45. The third-order valence-corrected chi connectivity index (χ3v) is 4.32. The molecular weight excluding hydrogens is 386 g/mol. The summed E-state index contributed by atoms with van der Waals surface area (Å²) in [6.07, 6.45) is 0. The molecule has 0 spiro atoms. The van der Waals surface area contributed by atoms with Crippen molar-refractivity contribution in [3.05, 3.63) is 57.0 Å². The van der Waals surface area contributed by atoms with Crippen LogP contribution in [0.4, 0.5) is 5.69 Å². The lowest BCUT2D eigenvalue weighted by Gasteiger charge is -2.29. The molecule has 1 heterocycles. The van der Waals surface area contributed by atoms with Gasteiger partial charge in [0.1, 0.15) is 12.4 Å². The normalized spacial score (nSPS) is 13.6. The van der Waals surface area contributed by atoms with E-state index < -0.39 is 0 Å². The predicted octanol–water partition coefficient (Wildman–Crippen LogP) is 4.25. The molecule has 1 aliphatic rings. The van der Waals surface area contributed by atoms with Gasteiger partial charge < -0.3 is 9.64 Å². The Balaban J connectivity index is 2.02. The topological polar surface area (TPSA) is 29.5 Å². The first-order chi connectivity index (χ1) is 9.66. The van der Waals surface area contributed by atoms with E-state index in [-0.39, 0.29) is 5.91 Å². The van der Waals surface area contributed by atoms with Gasteiger partial charge in [-0.15, -0.1) is 0 Å². The molecule has 0 atom stereocenters. The maximum absolute atomic E-state index is 12.8. The first-order valence-electron chi connectivity index (χ1n) is 6.15. The van der Waals surface area contributed by atoms with Gasteiger partial charge >= 0.3 is 0 Å². The second-order valence-electron chi connectivity index (χ2n) is 4.40. The molecule has 2 aromatic carbocycles. The Hall–Kier alpha value is -1.33. The van der Waals surface area contributed by atoms with Crippen LogP contribution in [0.5, 0.6) is 5.75 Å². The number of ether oxygens (including phenoxy) is 1. The molecule has 2 aromatic rings. The molecular formula is C15H11Br2NO2. The van der Waals surface area contributed by atoms with Gasteiger partial charge in [-0.05, 0) is 46.3 Å². The summed E-state index contributed by atoms with van der Waals surface area (Å²) in [4.78, 5) is 14.5. The van der Waals surface area contributed by atoms with Crippen LogP contribution in [-0.4, -0.2) is 19.1 Å². The molecule has 0 saturated carbocycles. The zero-order valence-electron chi connectivity index (χ0n) is 10.5. The fraction of sp³-hybridized carbons (Fsp3) is 0.133. The van der Waals surface area contributed by atoms with Crippen LogP contribution in [0, 0.1) is 0 Å². The number of fused-ring (bicyclic) bond motifs is 1. The van der Waals surface area contributed by atoms with Crippen LogP contribution in [0.15, 0.2) is 51.4 Å². The second-order valence-corrected chi connectivity index (χ2v) is 6.17. The molecule has 0 N–H and O–H groups in total. The number of amides is 1. The number of benzene rings is 2. The Morgan fingerprint density at radius 2 is 1.95 bits per heavy atom. The van der Waals surface area contributed by atoms with Crippen LogP contribution in [0.25, 0.3) is 0 Å². The van der Waals surface area contributed by atoms with Crippen LogP contribution in [0.2, 0.25) is 0 Å². The predicted molar refractivity (Wildman–Crippen MR) is 85.5 cm³/mol. The van der Waals surface area contributed by atoms with E-state index in [9.17, 15) is 4.79 Å². The number of halogens is 2. The molecule has 0 radical (unpaired) electrons. The van der Waals surface area contributed by atoms with Gasteiger partial charge in [-0.2, -0.15) is 0 Å². The summed E-state index contributed by atoms with van der Waals surface area (Å²) in [6, 6.07) is 13.2. The first kappa shape index (κ1) is 13.6. The monoisotopic (exact) mass is 395 g/mol. The van der Waals surface area contributed by atoms with E-state index in [0.29, 0.717) is 18.7 Å². The van der Waals surface area contributed by atoms with Gasteiger partial charge in [-0.1, -0.05) is 28.1 Å². The number of anilines is 1. The molecule has 1 aliphatic heterocycles. The van der Waals surface area contributed by atoms with Gasteiger partial charge in [-0.3, -0.25) is 4.79 Å². The number of rotatable bonds is 1. The van der Waals surface area contributed by atoms with E-state index in [1.807, 2.05) is 42.5 Å². The van der Waals surface area contributed by atoms with Crippen molar-refractivity contribution in [2.24, 2.45) is 0 Å². The van der Waals surface area contributed by atoms with Crippen LogP contribution in [0.3, 0.4) is 0 Å². The van der Waals surface area contributed by atoms with Crippen molar-refractivity contribution in [3.8, 4) is 5.75 Å². The molecule has 5 heteroatoms. The summed E-state index contributed by atoms with van der Waals surface area (Å²) in [7, 11) is 0. The number of carbonyl (C=O) groups is 1. The molecule has 0 unspecified atom stereocenters. The molecule has 1 amide bonds. The van der Waals surface area contributed by atoms with Crippen LogP contribution in [0.1, 0.15) is 10.4 Å². The molecule has 20 heavy (non-hydrogen) atoms. The van der Waals surface area contributed by atoms with E-state index in [4.69, 9.17) is 4.74 Å². The van der Waals surface area contributed by atoms with Crippen LogP contribution < -0.4 is 9.64 Å². The van der Waals surface area contributed by atoms with Gasteiger partial charge in [-0.25, -0.2) is 0 Å². The number of hydrogen-bond donors (Lipinski definition) is 0. The highest BCUT2D eigenvalue weighted by Crippen LogP contribution is 2.33. The third kappa shape index (κ3) is 2.47. The Bertz CT molecular complexity index is 673. The maximum Gasteiger partial charge on any atom is 0.259 e. The van der Waals surface area contributed by atoms with Gasteiger partial charge in [0.05, 0.1) is 17.8 Å². The minimum Gasteiger partial charge on any atom is -0.490 e. The summed E-state index contributed by atoms with van der Waals surface area (Å²) in [5, 5.41) is 0. The highest BCUT2D eigenvalue weighted by atomic mass is 79.9. The van der Waals surface area contributed by atoms with E-state index in [1.165, 1.54) is 0 Å². The quantitative estimate of drug-likeness (QED) is 0.721. The van der Waals surface area contributed by atoms with Crippen molar-refractivity contribution < 1.29 is 9.53 Å². The zero-order chi connectivity index (χ0) is 14.1. The third-order valence-electron chi connectivity index (χ3n) is 3.13. The SMILES string of the molecule is O=C(c1cc(Br)ccc1Br)N1CCOc2ccccc21. The zero-order valence-corrected chi connectivity index (χ0v) is 13.6. The first-order valence-corrected chi connectivity index (χ1v) is 7.74. The highest BCUT2D eigenvalue weighted by molar-refractivity contribution is 9.11. The van der Waals surface area contributed by atoms with Gasteiger partial charge in [0.25, 0.3) is 5.91 Å². The van der Waals surface area contributed by atoms with Gasteiger partial charge in [0.2, 0.25) is 0 Å². The van der Waals surface area contributed by atoms with Crippen LogP contribution >= 0.6 is 31.9 Å². The Kier molecular flexibility index (Phi) is 3.81. The summed E-state index contributed by atoms with van der Waals surface area (Å²) in [6.45, 7) is 1.06. The Morgan fingerprint density at radius 3 is 2.80 bits per heavy atom. The number of para-hydroxylation sites is 2. The maximum atomic E-state index is 12.8. The smallest absolute Gasteiger partial charge is 0.259 e. The molecule has 0 aromatic heterocycles. The molecule has 3 nitrogen and oxygen atoms in total. The highest BCUT2D eigenvalue weighted by Gasteiger charge is 2.25. The van der Waals surface area contributed by atoms with Crippen molar-refractivity contribution >= 4 is 43.5 Å². The summed E-state index contributed by atoms with van der Waals surface area (Å²) in [5.74, 6) is 0.715. The minimum absolute atomic E-state index is 0.0334. The van der Waals surface area contributed by atoms with Crippen molar-refractivity contribution in [1.82, 2.24) is 0 Å². The van der Waals surface area contributed by atoms with Crippen molar-refractivity contribution in [2.45, 2.75) is 0 Å². The van der Waals surface area contributed by atoms with Crippen LogP contribution in [-0.2, 0) is 0 Å². The lowest BCUT2D eigenvalue weighted by atomic mass is 10.1. The number of carbonyl (C=O) groups excluding carboxylic acids is 1. The lowest BCUT2D eigenvalue weighted by molar-refractivity contribution is 0.0976. The van der Waals surface area contributed by atoms with E-state index in [0.717, 1.165) is 20.4 Å². The van der Waals surface area contributed by atoms with E-state index in [2.05, 4.69) is 31.9 Å². The average Bonchev–Trinajstić information content (AvgIpc) is 2.48. The van der Waals surface area contributed by atoms with Crippen molar-refractivity contribution in [2.75, 3.05) is 18.1 Å². The average molecular weight is 397 g/mol. The summed E-state index contributed by atoms with van der Waals surface area (Å²) < 4.78 is 7.25. The standard InChI is InChI=1S/C15H11Br2NO2/c16-10-5-6-12(17)11(9-10)15(19)18-7-8-20-14-4-2-1-3-13(14)18/h1-6,9H,7-8H2. The molecule has 0 aliphatic carbocycles. The Labute approximate surface area is 133 Å². The minimum atomic E-state index is -0.0334.